The van der Waals surface area contributed by atoms with E-state index < -0.39 is 12.0 Å². The van der Waals surface area contributed by atoms with Gasteiger partial charge in [-0.2, -0.15) is 0 Å². The van der Waals surface area contributed by atoms with Gasteiger partial charge in [0.2, 0.25) is 0 Å². The van der Waals surface area contributed by atoms with Gasteiger partial charge in [0.1, 0.15) is 11.7 Å². The van der Waals surface area contributed by atoms with Crippen molar-refractivity contribution in [2.45, 2.75) is 44.8 Å². The molecule has 1 aromatic rings. The van der Waals surface area contributed by atoms with E-state index in [1.165, 1.54) is 12.0 Å². The van der Waals surface area contributed by atoms with E-state index >= 15 is 0 Å². The predicted molar refractivity (Wildman–Crippen MR) is 80.8 cm³/mol. The normalized spacial score (nSPS) is 21.9. The van der Waals surface area contributed by atoms with Crippen LogP contribution in [0.2, 0.25) is 0 Å². The quantitative estimate of drug-likeness (QED) is 0.919. The van der Waals surface area contributed by atoms with E-state index in [1.54, 1.807) is 12.3 Å². The Balaban J connectivity index is 2.21. The highest BCUT2D eigenvalue weighted by molar-refractivity contribution is 5.95. The monoisotopic (exact) mass is 306 g/mol. The van der Waals surface area contributed by atoms with E-state index in [4.69, 9.17) is 4.74 Å². The number of carbonyl (C=O) groups is 2. The molecule has 1 aliphatic rings. The number of rotatable bonds is 3. The fourth-order valence-electron chi connectivity index (χ4n) is 2.54. The Morgan fingerprint density at radius 3 is 2.50 bits per heavy atom. The molecule has 0 aromatic carbocycles. The van der Waals surface area contributed by atoms with E-state index in [0.29, 0.717) is 6.42 Å². The highest BCUT2D eigenvalue weighted by atomic mass is 16.5. The number of nitrogens with zero attached hydrogens (tertiary/aromatic N) is 2. The lowest BCUT2D eigenvalue weighted by Gasteiger charge is -2.22. The summed E-state index contributed by atoms with van der Waals surface area (Å²) >= 11 is 0. The summed E-state index contributed by atoms with van der Waals surface area (Å²) in [5.74, 6) is -1.38. The number of amides is 1. The first kappa shape index (κ1) is 16.4. The van der Waals surface area contributed by atoms with Crippen LogP contribution in [0, 0.1) is 0 Å². The summed E-state index contributed by atoms with van der Waals surface area (Å²) in [6.45, 7) is 6.47. The van der Waals surface area contributed by atoms with Gasteiger partial charge < -0.3 is 14.7 Å². The molecule has 6 nitrogen and oxygen atoms in total. The Hall–Kier alpha value is -1.95. The lowest BCUT2D eigenvalue weighted by Crippen LogP contribution is -2.41. The van der Waals surface area contributed by atoms with E-state index in [2.05, 4.69) is 25.8 Å². The zero-order chi connectivity index (χ0) is 16.5. The number of carboxylic acids is 1. The van der Waals surface area contributed by atoms with E-state index in [1.807, 2.05) is 6.07 Å². The summed E-state index contributed by atoms with van der Waals surface area (Å²) in [5.41, 5.74) is 1.23. The third-order valence-electron chi connectivity index (χ3n) is 3.99. The van der Waals surface area contributed by atoms with E-state index in [-0.39, 0.29) is 29.7 Å². The smallest absolute Gasteiger partial charge is 0.326 e. The van der Waals surface area contributed by atoms with Gasteiger partial charge in [0.15, 0.2) is 0 Å². The van der Waals surface area contributed by atoms with Crippen LogP contribution in [-0.4, -0.2) is 52.7 Å². The lowest BCUT2D eigenvalue weighted by atomic mass is 9.88. The molecule has 0 radical (unpaired) electrons. The second-order valence-electron chi connectivity index (χ2n) is 6.59. The van der Waals surface area contributed by atoms with Gasteiger partial charge in [-0.25, -0.2) is 4.79 Å². The molecule has 2 atom stereocenters. The van der Waals surface area contributed by atoms with Crippen LogP contribution in [0.25, 0.3) is 0 Å². The van der Waals surface area contributed by atoms with Crippen LogP contribution >= 0.6 is 0 Å². The third-order valence-corrected chi connectivity index (χ3v) is 3.99. The molecule has 1 fully saturated rings. The highest BCUT2D eigenvalue weighted by Gasteiger charge is 2.40. The lowest BCUT2D eigenvalue weighted by molar-refractivity contribution is -0.141. The molecular formula is C16H22N2O4. The molecule has 1 amide bonds. The second-order valence-corrected chi connectivity index (χ2v) is 6.59. The van der Waals surface area contributed by atoms with Gasteiger partial charge in [0.05, 0.1) is 6.10 Å². The molecule has 0 spiro atoms. The number of likely N-dealkylation sites (tertiary alicyclic amines) is 1. The Morgan fingerprint density at radius 2 is 2.05 bits per heavy atom. The number of methoxy groups -OCH3 is 1. The molecule has 1 aromatic heterocycles. The van der Waals surface area contributed by atoms with Crippen LogP contribution < -0.4 is 0 Å². The number of carboxylic acid groups (broad SMARTS) is 1. The molecule has 0 aliphatic carbocycles. The standard InChI is InChI=1S/C16H22N2O4/c1-16(2,3)10-5-6-12(17-8-10)14(19)18-9-11(22-4)7-13(18)15(20)21/h5-6,8,11,13H,7,9H2,1-4H3,(H,20,21). The van der Waals surface area contributed by atoms with Crippen molar-refractivity contribution in [2.75, 3.05) is 13.7 Å². The molecule has 1 N–H and O–H groups in total. The van der Waals surface area contributed by atoms with Gasteiger partial charge in [-0.15, -0.1) is 0 Å². The minimum atomic E-state index is -1.01. The minimum Gasteiger partial charge on any atom is -0.480 e. The van der Waals surface area contributed by atoms with Crippen molar-refractivity contribution in [1.29, 1.82) is 0 Å². The summed E-state index contributed by atoms with van der Waals surface area (Å²) in [5, 5.41) is 9.27. The van der Waals surface area contributed by atoms with Gasteiger partial charge >= 0.3 is 5.97 Å². The van der Waals surface area contributed by atoms with Crippen LogP contribution in [0.5, 0.6) is 0 Å². The average Bonchev–Trinajstić information content (AvgIpc) is 2.90. The fraction of sp³-hybridized carbons (Fsp3) is 0.562. The molecule has 120 valence electrons. The highest BCUT2D eigenvalue weighted by Crippen LogP contribution is 2.24. The molecule has 1 saturated heterocycles. The van der Waals surface area contributed by atoms with Crippen LogP contribution in [0.3, 0.4) is 0 Å². The number of aromatic nitrogens is 1. The van der Waals surface area contributed by atoms with E-state index in [9.17, 15) is 14.7 Å². The molecule has 2 rings (SSSR count). The van der Waals surface area contributed by atoms with Crippen molar-refractivity contribution < 1.29 is 19.4 Å². The number of pyridine rings is 1. The van der Waals surface area contributed by atoms with Crippen LogP contribution in [-0.2, 0) is 14.9 Å². The summed E-state index contributed by atoms with van der Waals surface area (Å²) in [6, 6.07) is 2.66. The van der Waals surface area contributed by atoms with Gasteiger partial charge in [-0.05, 0) is 17.0 Å². The Bertz CT molecular complexity index is 563. The summed E-state index contributed by atoms with van der Waals surface area (Å²) in [4.78, 5) is 29.4. The Labute approximate surface area is 130 Å². The number of ether oxygens (including phenoxy) is 1. The van der Waals surface area contributed by atoms with Crippen molar-refractivity contribution in [2.24, 2.45) is 0 Å². The molecule has 22 heavy (non-hydrogen) atoms. The van der Waals surface area contributed by atoms with Gasteiger partial charge in [-0.1, -0.05) is 26.8 Å². The minimum absolute atomic E-state index is 0.0486. The van der Waals surface area contributed by atoms with Crippen molar-refractivity contribution >= 4 is 11.9 Å². The molecule has 1 aliphatic heterocycles. The first-order valence-corrected chi connectivity index (χ1v) is 7.27. The van der Waals surface area contributed by atoms with Crippen LogP contribution in [0.1, 0.15) is 43.2 Å². The second kappa shape index (κ2) is 6.04. The maximum Gasteiger partial charge on any atom is 0.326 e. The Morgan fingerprint density at radius 1 is 1.36 bits per heavy atom. The first-order valence-electron chi connectivity index (χ1n) is 7.27. The number of hydrogen-bond donors (Lipinski definition) is 1. The first-order chi connectivity index (χ1) is 10.2. The predicted octanol–water partition coefficient (Wildman–Crippen LogP) is 1.69. The van der Waals surface area contributed by atoms with Crippen LogP contribution in [0.15, 0.2) is 18.3 Å². The van der Waals surface area contributed by atoms with Crippen molar-refractivity contribution in [3.63, 3.8) is 0 Å². The summed E-state index contributed by atoms with van der Waals surface area (Å²) in [6.07, 6.45) is 1.73. The van der Waals surface area contributed by atoms with Crippen molar-refractivity contribution in [1.82, 2.24) is 9.88 Å². The maximum atomic E-state index is 12.5. The zero-order valence-electron chi connectivity index (χ0n) is 13.4. The van der Waals surface area contributed by atoms with E-state index in [0.717, 1.165) is 5.56 Å². The third kappa shape index (κ3) is 3.27. The van der Waals surface area contributed by atoms with Gasteiger partial charge in [0, 0.05) is 26.3 Å². The van der Waals surface area contributed by atoms with Crippen molar-refractivity contribution in [3.05, 3.63) is 29.6 Å². The average molecular weight is 306 g/mol. The number of carbonyl (C=O) groups excluding carboxylic acids is 1. The summed E-state index contributed by atoms with van der Waals surface area (Å²) < 4.78 is 5.19. The molecular weight excluding hydrogens is 284 g/mol. The van der Waals surface area contributed by atoms with Crippen LogP contribution in [0.4, 0.5) is 0 Å². The topological polar surface area (TPSA) is 79.7 Å². The van der Waals surface area contributed by atoms with Gasteiger partial charge in [-0.3, -0.25) is 9.78 Å². The maximum absolute atomic E-state index is 12.5. The fourth-order valence-corrected chi connectivity index (χ4v) is 2.54. The zero-order valence-corrected chi connectivity index (χ0v) is 13.4. The molecule has 0 bridgehead atoms. The molecule has 0 saturated carbocycles. The SMILES string of the molecule is COC1CC(C(=O)O)N(C(=O)c2ccc(C(C)(C)C)cn2)C1. The molecule has 6 heteroatoms. The Kier molecular flexibility index (Phi) is 4.51. The van der Waals surface area contributed by atoms with Crippen molar-refractivity contribution in [3.8, 4) is 0 Å². The largest absolute Gasteiger partial charge is 0.480 e. The number of hydrogen-bond acceptors (Lipinski definition) is 4. The molecule has 2 heterocycles. The van der Waals surface area contributed by atoms with Gasteiger partial charge in [0.25, 0.3) is 5.91 Å². The number of aliphatic carboxylic acids is 1. The molecule has 2 unspecified atom stereocenters. The summed E-state index contributed by atoms with van der Waals surface area (Å²) in [7, 11) is 1.52.